The highest BCUT2D eigenvalue weighted by Gasteiger charge is 2.30. The topological polar surface area (TPSA) is 73.8 Å². The average Bonchev–Trinajstić information content (AvgIpc) is 2.82. The van der Waals surface area contributed by atoms with E-state index in [0.717, 1.165) is 26.1 Å². The first kappa shape index (κ1) is 21.9. The first-order valence-electron chi connectivity index (χ1n) is 11.0. The van der Waals surface area contributed by atoms with Crippen molar-refractivity contribution in [3.63, 3.8) is 0 Å². The van der Waals surface area contributed by atoms with Crippen molar-refractivity contribution in [2.45, 2.75) is 19.0 Å². The van der Waals surface area contributed by atoms with Crippen molar-refractivity contribution in [3.8, 4) is 11.5 Å². The van der Waals surface area contributed by atoms with Crippen LogP contribution in [0.2, 0.25) is 0 Å². The van der Waals surface area contributed by atoms with E-state index in [9.17, 15) is 9.90 Å². The van der Waals surface area contributed by atoms with Gasteiger partial charge in [-0.05, 0) is 36.2 Å². The summed E-state index contributed by atoms with van der Waals surface area (Å²) >= 11 is 0. The molecule has 1 aliphatic heterocycles. The maximum absolute atomic E-state index is 12.7. The van der Waals surface area contributed by atoms with Crippen LogP contribution in [0.15, 0.2) is 84.9 Å². The van der Waals surface area contributed by atoms with E-state index in [4.69, 9.17) is 4.74 Å². The van der Waals surface area contributed by atoms with Crippen LogP contribution >= 0.6 is 0 Å². The van der Waals surface area contributed by atoms with Gasteiger partial charge in [-0.1, -0.05) is 60.7 Å². The van der Waals surface area contributed by atoms with Gasteiger partial charge in [0.1, 0.15) is 5.75 Å². The number of likely N-dealkylation sites (tertiary alicyclic amines) is 1. The van der Waals surface area contributed by atoms with Crippen LogP contribution < -0.4 is 15.4 Å². The van der Waals surface area contributed by atoms with Gasteiger partial charge in [-0.2, -0.15) is 0 Å². The summed E-state index contributed by atoms with van der Waals surface area (Å²) in [7, 11) is 0. The minimum atomic E-state index is -0.297. The second kappa shape index (κ2) is 10.8. The lowest BCUT2D eigenvalue weighted by molar-refractivity contribution is 0.0894. The van der Waals surface area contributed by atoms with Crippen LogP contribution in [0.5, 0.6) is 11.5 Å². The highest BCUT2D eigenvalue weighted by Crippen LogP contribution is 2.29. The number of aliphatic hydroxyl groups excluding tert-OH is 1. The van der Waals surface area contributed by atoms with E-state index in [1.165, 1.54) is 5.56 Å². The third-order valence-corrected chi connectivity index (χ3v) is 5.72. The molecule has 4 rings (SSSR count). The molecule has 1 saturated heterocycles. The summed E-state index contributed by atoms with van der Waals surface area (Å²) < 4.78 is 5.92. The summed E-state index contributed by atoms with van der Waals surface area (Å²) in [6.07, 6.45) is 0.785. The molecule has 3 aromatic carbocycles. The number of para-hydroxylation sites is 3. The van der Waals surface area contributed by atoms with Crippen LogP contribution in [0.25, 0.3) is 0 Å². The molecule has 166 valence electrons. The third-order valence-electron chi connectivity index (χ3n) is 5.72. The van der Waals surface area contributed by atoms with Crippen molar-refractivity contribution in [2.75, 3.05) is 25.0 Å². The van der Waals surface area contributed by atoms with E-state index in [1.54, 1.807) is 0 Å². The third kappa shape index (κ3) is 5.87. The fourth-order valence-corrected chi connectivity index (χ4v) is 4.07. The fourth-order valence-electron chi connectivity index (χ4n) is 4.07. The van der Waals surface area contributed by atoms with Gasteiger partial charge in [0.2, 0.25) is 0 Å². The normalized spacial score (nSPS) is 18.7. The molecule has 3 N–H and O–H groups in total. The second-order valence-corrected chi connectivity index (χ2v) is 8.07. The second-order valence-electron chi connectivity index (χ2n) is 8.07. The summed E-state index contributed by atoms with van der Waals surface area (Å²) in [5.41, 5.74) is 1.85. The van der Waals surface area contributed by atoms with Gasteiger partial charge in [-0.15, -0.1) is 0 Å². The Labute approximate surface area is 188 Å². The number of aliphatic hydroxyl groups is 1. The largest absolute Gasteiger partial charge is 0.455 e. The summed E-state index contributed by atoms with van der Waals surface area (Å²) in [6.45, 7) is 2.48. The number of ether oxygens (including phenoxy) is 1. The number of carbonyl (C=O) groups excluding carboxylic acids is 1. The summed E-state index contributed by atoms with van der Waals surface area (Å²) in [5, 5.41) is 15.9. The zero-order chi connectivity index (χ0) is 22.2. The van der Waals surface area contributed by atoms with Gasteiger partial charge in [0.25, 0.3) is 0 Å². The maximum Gasteiger partial charge on any atom is 0.319 e. The standard InChI is InChI=1S/C26H29N3O3/c30-19-21-18-29(17-20-9-3-1-4-10-20)16-15-23(21)27-26(31)28-24-13-7-8-14-25(24)32-22-11-5-2-6-12-22/h1-14,21,23,30H,15-19H2,(H2,27,28,31). The molecule has 1 fully saturated rings. The van der Waals surface area contributed by atoms with Crippen molar-refractivity contribution in [2.24, 2.45) is 5.92 Å². The number of amides is 2. The van der Waals surface area contributed by atoms with Crippen LogP contribution in [0.4, 0.5) is 10.5 Å². The Morgan fingerprint density at radius 1 is 0.969 bits per heavy atom. The lowest BCUT2D eigenvalue weighted by Crippen LogP contribution is -2.52. The molecule has 6 heteroatoms. The molecule has 1 aliphatic rings. The number of benzene rings is 3. The lowest BCUT2D eigenvalue weighted by Gasteiger charge is -2.38. The molecule has 0 bridgehead atoms. The Balaban J connectivity index is 1.34. The zero-order valence-electron chi connectivity index (χ0n) is 18.0. The van der Waals surface area contributed by atoms with Gasteiger partial charge in [0.15, 0.2) is 5.75 Å². The van der Waals surface area contributed by atoms with Gasteiger partial charge in [0, 0.05) is 38.2 Å². The minimum Gasteiger partial charge on any atom is -0.455 e. The molecule has 0 radical (unpaired) electrons. The van der Waals surface area contributed by atoms with Crippen molar-refractivity contribution < 1.29 is 14.6 Å². The van der Waals surface area contributed by atoms with E-state index in [0.29, 0.717) is 17.2 Å². The maximum atomic E-state index is 12.7. The molecule has 0 aliphatic carbocycles. The van der Waals surface area contributed by atoms with Crippen molar-refractivity contribution in [1.29, 1.82) is 0 Å². The van der Waals surface area contributed by atoms with Gasteiger partial charge in [0.05, 0.1) is 5.69 Å². The Morgan fingerprint density at radius 3 is 2.41 bits per heavy atom. The molecule has 6 nitrogen and oxygen atoms in total. The minimum absolute atomic E-state index is 0.0194. The van der Waals surface area contributed by atoms with Crippen LogP contribution in [0.1, 0.15) is 12.0 Å². The first-order valence-corrected chi connectivity index (χ1v) is 11.0. The SMILES string of the molecule is O=C(Nc1ccccc1Oc1ccccc1)NC1CCN(Cc2ccccc2)CC1CO. The van der Waals surface area contributed by atoms with Crippen molar-refractivity contribution in [1.82, 2.24) is 10.2 Å². The molecular formula is C26H29N3O3. The predicted molar refractivity (Wildman–Crippen MR) is 126 cm³/mol. The van der Waals surface area contributed by atoms with Gasteiger partial charge >= 0.3 is 6.03 Å². The monoisotopic (exact) mass is 431 g/mol. The zero-order valence-corrected chi connectivity index (χ0v) is 18.0. The molecule has 0 spiro atoms. The van der Waals surface area contributed by atoms with Crippen molar-refractivity contribution >= 4 is 11.7 Å². The number of piperidine rings is 1. The summed E-state index contributed by atoms with van der Waals surface area (Å²) in [5.74, 6) is 1.26. The van der Waals surface area contributed by atoms with Crippen LogP contribution in [-0.2, 0) is 6.54 Å². The molecular weight excluding hydrogens is 402 g/mol. The Morgan fingerprint density at radius 2 is 1.66 bits per heavy atom. The first-order chi connectivity index (χ1) is 15.7. The smallest absolute Gasteiger partial charge is 0.319 e. The molecule has 2 atom stereocenters. The molecule has 2 unspecified atom stereocenters. The quantitative estimate of drug-likeness (QED) is 0.516. The van der Waals surface area contributed by atoms with E-state index >= 15 is 0 Å². The molecule has 0 aromatic heterocycles. The van der Waals surface area contributed by atoms with E-state index in [-0.39, 0.29) is 24.6 Å². The van der Waals surface area contributed by atoms with Crippen LogP contribution in [0.3, 0.4) is 0 Å². The Kier molecular flexibility index (Phi) is 7.38. The number of nitrogens with zero attached hydrogens (tertiary/aromatic N) is 1. The molecule has 1 heterocycles. The van der Waals surface area contributed by atoms with E-state index in [2.05, 4.69) is 27.7 Å². The number of anilines is 1. The Bertz CT molecular complexity index is 997. The van der Waals surface area contributed by atoms with Gasteiger partial charge < -0.3 is 20.5 Å². The number of nitrogens with one attached hydrogen (secondary N) is 2. The molecule has 3 aromatic rings. The highest BCUT2D eigenvalue weighted by molar-refractivity contribution is 5.91. The Hall–Kier alpha value is -3.35. The number of urea groups is 1. The lowest BCUT2D eigenvalue weighted by atomic mass is 9.92. The van der Waals surface area contributed by atoms with Crippen LogP contribution in [0, 0.1) is 5.92 Å². The van der Waals surface area contributed by atoms with Crippen molar-refractivity contribution in [3.05, 3.63) is 90.5 Å². The highest BCUT2D eigenvalue weighted by atomic mass is 16.5. The van der Waals surface area contributed by atoms with E-state index < -0.39 is 0 Å². The average molecular weight is 432 g/mol. The fraction of sp³-hybridized carbons (Fsp3) is 0.269. The summed E-state index contributed by atoms with van der Waals surface area (Å²) in [4.78, 5) is 15.1. The predicted octanol–water partition coefficient (Wildman–Crippen LogP) is 4.48. The molecule has 0 saturated carbocycles. The number of rotatable bonds is 7. The van der Waals surface area contributed by atoms with Gasteiger partial charge in [-0.25, -0.2) is 4.79 Å². The number of carbonyl (C=O) groups is 1. The molecule has 32 heavy (non-hydrogen) atoms. The molecule has 2 amide bonds. The number of hydrogen-bond acceptors (Lipinski definition) is 4. The summed E-state index contributed by atoms with van der Waals surface area (Å²) in [6, 6.07) is 26.7. The van der Waals surface area contributed by atoms with Crippen LogP contribution in [-0.4, -0.2) is 41.8 Å². The number of hydrogen-bond donors (Lipinski definition) is 3. The van der Waals surface area contributed by atoms with Gasteiger partial charge in [-0.3, -0.25) is 4.90 Å². The van der Waals surface area contributed by atoms with E-state index in [1.807, 2.05) is 72.8 Å².